The summed E-state index contributed by atoms with van der Waals surface area (Å²) in [5.41, 5.74) is 0.358. The van der Waals surface area contributed by atoms with Crippen LogP contribution in [0.25, 0.3) is 0 Å². The lowest BCUT2D eigenvalue weighted by molar-refractivity contribution is -0.138. The van der Waals surface area contributed by atoms with Crippen molar-refractivity contribution in [1.29, 1.82) is 0 Å². The molecule has 0 amide bonds. The Kier molecular flexibility index (Phi) is 3.06. The van der Waals surface area contributed by atoms with Crippen LogP contribution in [-0.4, -0.2) is 23.8 Å². The standard InChI is InChI=1S/C21H30O3/c1-11(22)15-6-7-16-14-5-4-12-10-13(23)8-9-20(12,2)17(14)18-19(24-18)21(15,16)3/h12,14-19H,4-10H2,1-3H3/t12?,14-,15+,16-,17+,18-,19-,20-,21+/m0/s1. The normalized spacial score (nSPS) is 58.3. The molecule has 5 fully saturated rings. The number of fused-ring (bicyclic) bond motifs is 8. The third-order valence-electron chi connectivity index (χ3n) is 9.24. The van der Waals surface area contributed by atoms with Gasteiger partial charge in [0.05, 0.1) is 12.2 Å². The molecule has 3 heteroatoms. The van der Waals surface area contributed by atoms with Gasteiger partial charge in [0.25, 0.3) is 0 Å². The van der Waals surface area contributed by atoms with Gasteiger partial charge in [-0.3, -0.25) is 9.59 Å². The number of ketones is 2. The van der Waals surface area contributed by atoms with Gasteiger partial charge in [0.15, 0.2) is 0 Å². The smallest absolute Gasteiger partial charge is 0.133 e. The average Bonchev–Trinajstić information content (AvgIpc) is 3.24. The molecule has 24 heavy (non-hydrogen) atoms. The summed E-state index contributed by atoms with van der Waals surface area (Å²) >= 11 is 0. The molecule has 0 aromatic heterocycles. The van der Waals surface area contributed by atoms with E-state index in [1.54, 1.807) is 6.92 Å². The first-order valence-corrected chi connectivity index (χ1v) is 10.0. The SMILES string of the molecule is CC(=O)[C@H]1CC[C@H]2[C@@H]3CCC4CC(=O)CC[C@]4(C)[C@H]3[C@@H]3O[C@@H]3[C@]12C. The fraction of sp³-hybridized carbons (Fsp3) is 0.905. The summed E-state index contributed by atoms with van der Waals surface area (Å²) in [5.74, 6) is 3.60. The maximum absolute atomic E-state index is 12.3. The first-order chi connectivity index (χ1) is 11.4. The van der Waals surface area contributed by atoms with Crippen LogP contribution in [-0.2, 0) is 14.3 Å². The van der Waals surface area contributed by atoms with E-state index in [0.717, 1.165) is 25.7 Å². The van der Waals surface area contributed by atoms with E-state index < -0.39 is 0 Å². The Morgan fingerprint density at radius 3 is 2.71 bits per heavy atom. The number of ether oxygens (including phenoxy) is 1. The highest BCUT2D eigenvalue weighted by Gasteiger charge is 2.73. The molecular weight excluding hydrogens is 300 g/mol. The van der Waals surface area contributed by atoms with E-state index in [-0.39, 0.29) is 16.7 Å². The van der Waals surface area contributed by atoms with Crippen molar-refractivity contribution in [3.05, 3.63) is 0 Å². The number of rotatable bonds is 1. The highest BCUT2D eigenvalue weighted by molar-refractivity contribution is 5.80. The minimum Gasteiger partial charge on any atom is -0.369 e. The number of Topliss-reactive ketones (excluding diaryl/α,β-unsaturated/α-hetero) is 2. The zero-order valence-corrected chi connectivity index (χ0v) is 15.2. The van der Waals surface area contributed by atoms with Crippen molar-refractivity contribution in [2.24, 2.45) is 40.4 Å². The molecule has 0 spiro atoms. The van der Waals surface area contributed by atoms with Gasteiger partial charge in [-0.05, 0) is 68.1 Å². The molecule has 1 saturated heterocycles. The fourth-order valence-corrected chi connectivity index (χ4v) is 8.08. The fourth-order valence-electron chi connectivity index (χ4n) is 8.08. The molecule has 0 bridgehead atoms. The lowest BCUT2D eigenvalue weighted by Crippen LogP contribution is -2.57. The van der Waals surface area contributed by atoms with Crippen LogP contribution in [0.5, 0.6) is 0 Å². The first kappa shape index (κ1) is 15.5. The topological polar surface area (TPSA) is 46.7 Å². The Hall–Kier alpha value is -0.700. The molecule has 0 radical (unpaired) electrons. The molecule has 5 aliphatic rings. The lowest BCUT2D eigenvalue weighted by atomic mass is 9.44. The van der Waals surface area contributed by atoms with Crippen molar-refractivity contribution in [2.75, 3.05) is 0 Å². The Balaban J connectivity index is 1.52. The molecule has 132 valence electrons. The van der Waals surface area contributed by atoms with Crippen LogP contribution in [0, 0.1) is 40.4 Å². The molecule has 9 atom stereocenters. The zero-order valence-electron chi connectivity index (χ0n) is 15.2. The van der Waals surface area contributed by atoms with Crippen LogP contribution in [0.15, 0.2) is 0 Å². The van der Waals surface area contributed by atoms with Gasteiger partial charge in [0.1, 0.15) is 11.6 Å². The van der Waals surface area contributed by atoms with Gasteiger partial charge in [-0.25, -0.2) is 0 Å². The summed E-state index contributed by atoms with van der Waals surface area (Å²) in [7, 11) is 0. The predicted octanol–water partition coefficient (Wildman–Crippen LogP) is 3.79. The summed E-state index contributed by atoms with van der Waals surface area (Å²) in [6.45, 7) is 6.60. The Morgan fingerprint density at radius 2 is 1.96 bits per heavy atom. The molecule has 1 aliphatic heterocycles. The molecule has 4 aliphatic carbocycles. The average molecular weight is 330 g/mol. The highest BCUT2D eigenvalue weighted by atomic mass is 16.6. The number of hydrogen-bond donors (Lipinski definition) is 0. The van der Waals surface area contributed by atoms with Crippen LogP contribution in [0.2, 0.25) is 0 Å². The molecular formula is C21H30O3. The quantitative estimate of drug-likeness (QED) is 0.687. The van der Waals surface area contributed by atoms with E-state index in [9.17, 15) is 9.59 Å². The summed E-state index contributed by atoms with van der Waals surface area (Å²) in [5, 5.41) is 0. The Morgan fingerprint density at radius 1 is 1.17 bits per heavy atom. The van der Waals surface area contributed by atoms with Crippen molar-refractivity contribution >= 4 is 11.6 Å². The van der Waals surface area contributed by atoms with Crippen LogP contribution in [0.3, 0.4) is 0 Å². The zero-order chi connectivity index (χ0) is 16.9. The first-order valence-electron chi connectivity index (χ1n) is 10.0. The van der Waals surface area contributed by atoms with Gasteiger partial charge in [-0.15, -0.1) is 0 Å². The van der Waals surface area contributed by atoms with Crippen LogP contribution in [0.4, 0.5) is 0 Å². The molecule has 3 nitrogen and oxygen atoms in total. The molecule has 1 unspecified atom stereocenters. The number of epoxide rings is 1. The number of hydrogen-bond acceptors (Lipinski definition) is 3. The second-order valence-electron chi connectivity index (χ2n) is 9.95. The van der Waals surface area contributed by atoms with Crippen molar-refractivity contribution < 1.29 is 14.3 Å². The second kappa shape index (κ2) is 4.72. The molecule has 0 aromatic rings. The maximum Gasteiger partial charge on any atom is 0.133 e. The predicted molar refractivity (Wildman–Crippen MR) is 90.3 cm³/mol. The molecule has 5 rings (SSSR count). The van der Waals surface area contributed by atoms with Crippen molar-refractivity contribution in [3.8, 4) is 0 Å². The number of carbonyl (C=O) groups is 2. The van der Waals surface area contributed by atoms with E-state index in [1.165, 1.54) is 19.3 Å². The van der Waals surface area contributed by atoms with Gasteiger partial charge < -0.3 is 4.74 Å². The Bertz CT molecular complexity index is 612. The largest absolute Gasteiger partial charge is 0.369 e. The van der Waals surface area contributed by atoms with Crippen molar-refractivity contribution in [3.63, 3.8) is 0 Å². The van der Waals surface area contributed by atoms with Gasteiger partial charge in [-0.1, -0.05) is 13.8 Å². The van der Waals surface area contributed by atoms with Crippen LogP contribution >= 0.6 is 0 Å². The van der Waals surface area contributed by atoms with Gasteiger partial charge in [0.2, 0.25) is 0 Å². The van der Waals surface area contributed by atoms with E-state index in [0.29, 0.717) is 47.4 Å². The maximum atomic E-state index is 12.3. The van der Waals surface area contributed by atoms with Gasteiger partial charge >= 0.3 is 0 Å². The molecule has 4 saturated carbocycles. The summed E-state index contributed by atoms with van der Waals surface area (Å²) in [6, 6.07) is 0. The van der Waals surface area contributed by atoms with Gasteiger partial charge in [0, 0.05) is 24.2 Å². The third kappa shape index (κ3) is 1.73. The van der Waals surface area contributed by atoms with E-state index in [1.807, 2.05) is 0 Å². The summed E-state index contributed by atoms with van der Waals surface area (Å²) in [4.78, 5) is 24.3. The van der Waals surface area contributed by atoms with E-state index in [2.05, 4.69) is 13.8 Å². The van der Waals surface area contributed by atoms with Gasteiger partial charge in [-0.2, -0.15) is 0 Å². The van der Waals surface area contributed by atoms with Crippen LogP contribution in [0.1, 0.15) is 65.7 Å². The minimum absolute atomic E-state index is 0.0748. The third-order valence-corrected chi connectivity index (χ3v) is 9.24. The summed E-state index contributed by atoms with van der Waals surface area (Å²) < 4.78 is 6.35. The highest BCUT2D eigenvalue weighted by Crippen LogP contribution is 2.72. The lowest BCUT2D eigenvalue weighted by Gasteiger charge is -2.58. The van der Waals surface area contributed by atoms with Crippen molar-refractivity contribution in [1.82, 2.24) is 0 Å². The Labute approximate surface area is 144 Å². The monoisotopic (exact) mass is 330 g/mol. The minimum atomic E-state index is 0.0748. The molecule has 1 heterocycles. The van der Waals surface area contributed by atoms with E-state index >= 15 is 0 Å². The van der Waals surface area contributed by atoms with Crippen LogP contribution < -0.4 is 0 Å². The van der Waals surface area contributed by atoms with E-state index in [4.69, 9.17) is 4.74 Å². The number of carbonyl (C=O) groups excluding carboxylic acids is 2. The molecule has 0 aromatic carbocycles. The molecule has 0 N–H and O–H groups in total. The second-order valence-corrected chi connectivity index (χ2v) is 9.95. The summed E-state index contributed by atoms with van der Waals surface area (Å²) in [6.07, 6.45) is 8.00. The van der Waals surface area contributed by atoms with Crippen molar-refractivity contribution in [2.45, 2.75) is 77.9 Å².